The van der Waals surface area contributed by atoms with Crippen LogP contribution in [0.25, 0.3) is 0 Å². The summed E-state index contributed by atoms with van der Waals surface area (Å²) >= 11 is 0. The van der Waals surface area contributed by atoms with Gasteiger partial charge in [-0.3, -0.25) is 0 Å². The maximum atomic E-state index is 13.3. The Morgan fingerprint density at radius 3 is 2.57 bits per heavy atom. The molecule has 0 aromatic rings. The van der Waals surface area contributed by atoms with Crippen molar-refractivity contribution >= 4 is 11.7 Å². The number of carbonyl (C=O) groups is 1. The molecule has 1 atom stereocenters. The molecular weight excluding hydrogens is 287 g/mol. The highest BCUT2D eigenvalue weighted by molar-refractivity contribution is 5.89. The van der Waals surface area contributed by atoms with Crippen LogP contribution in [-0.4, -0.2) is 46.2 Å². The van der Waals surface area contributed by atoms with E-state index in [0.717, 1.165) is 32.1 Å². The van der Waals surface area contributed by atoms with E-state index in [0.29, 0.717) is 5.01 Å². The average molecular weight is 307 g/mol. The minimum Gasteiger partial charge on any atom is -0.393 e. The van der Waals surface area contributed by atoms with Crippen LogP contribution in [0, 0.1) is 0 Å². The van der Waals surface area contributed by atoms with E-state index in [4.69, 9.17) is 0 Å². The normalized spacial score (nSPS) is 27.7. The largest absolute Gasteiger partial charge is 0.416 e. The fraction of sp³-hybridized carbons (Fsp3) is 0.846. The highest BCUT2D eigenvalue weighted by atomic mass is 19.4. The summed E-state index contributed by atoms with van der Waals surface area (Å²) in [5.41, 5.74) is -2.46. The van der Waals surface area contributed by atoms with E-state index in [-0.39, 0.29) is 11.8 Å². The number of aliphatic hydroxyl groups is 1. The monoisotopic (exact) mass is 307 g/mol. The van der Waals surface area contributed by atoms with Gasteiger partial charge in [-0.1, -0.05) is 19.3 Å². The smallest absolute Gasteiger partial charge is 0.393 e. The molecule has 1 heterocycles. The van der Waals surface area contributed by atoms with E-state index in [1.54, 1.807) is 0 Å². The third kappa shape index (κ3) is 3.00. The number of aliphatic hydroxyl groups excluding tert-OH is 1. The number of alkyl halides is 3. The van der Waals surface area contributed by atoms with Crippen LogP contribution < -0.4 is 5.32 Å². The first-order valence-electron chi connectivity index (χ1n) is 7.12. The summed E-state index contributed by atoms with van der Waals surface area (Å²) in [7, 11) is 0. The van der Waals surface area contributed by atoms with Gasteiger partial charge in [0, 0.05) is 18.2 Å². The lowest BCUT2D eigenvalue weighted by Crippen LogP contribution is -2.61. The summed E-state index contributed by atoms with van der Waals surface area (Å²) < 4.78 is 40.0. The average Bonchev–Trinajstić information content (AvgIpc) is 2.78. The number of hydrogen-bond acceptors (Lipinski definition) is 3. The Hall–Kier alpha value is -1.31. The van der Waals surface area contributed by atoms with Gasteiger partial charge in [0.15, 0.2) is 5.54 Å². The Balaban J connectivity index is 2.16. The van der Waals surface area contributed by atoms with Gasteiger partial charge in [-0.25, -0.2) is 4.79 Å². The lowest BCUT2D eigenvalue weighted by Gasteiger charge is -2.37. The van der Waals surface area contributed by atoms with Crippen LogP contribution in [0.5, 0.6) is 0 Å². The van der Waals surface area contributed by atoms with Crippen molar-refractivity contribution in [2.75, 3.05) is 6.61 Å². The number of nitrogens with one attached hydrogen (secondary N) is 1. The molecule has 2 aliphatic rings. The quantitative estimate of drug-likeness (QED) is 0.823. The minimum absolute atomic E-state index is 0.119. The lowest BCUT2D eigenvalue weighted by atomic mass is 9.93. The molecule has 5 nitrogen and oxygen atoms in total. The number of nitrogens with zero attached hydrogens (tertiary/aromatic N) is 2. The van der Waals surface area contributed by atoms with Gasteiger partial charge in [-0.2, -0.15) is 23.3 Å². The molecule has 0 spiro atoms. The van der Waals surface area contributed by atoms with Crippen LogP contribution >= 0.6 is 0 Å². The van der Waals surface area contributed by atoms with Crippen molar-refractivity contribution in [1.82, 2.24) is 10.3 Å². The van der Waals surface area contributed by atoms with Gasteiger partial charge in [-0.05, 0) is 19.8 Å². The molecule has 0 radical (unpaired) electrons. The number of rotatable bonds is 2. The second-order valence-corrected chi connectivity index (χ2v) is 5.80. The second-order valence-electron chi connectivity index (χ2n) is 5.80. The molecule has 2 amide bonds. The van der Waals surface area contributed by atoms with Crippen molar-refractivity contribution in [2.24, 2.45) is 5.10 Å². The molecular formula is C13H20F3N3O2. The number of carbonyl (C=O) groups excluding carboxylic acids is 1. The third-order valence-corrected chi connectivity index (χ3v) is 4.14. The van der Waals surface area contributed by atoms with Crippen molar-refractivity contribution in [2.45, 2.75) is 63.2 Å². The highest BCUT2D eigenvalue weighted by Crippen LogP contribution is 2.42. The molecule has 1 saturated carbocycles. The molecule has 0 aromatic heterocycles. The Kier molecular flexibility index (Phi) is 4.46. The Labute approximate surface area is 121 Å². The number of halogens is 3. The predicted octanol–water partition coefficient (Wildman–Crippen LogP) is 2.40. The zero-order valence-electron chi connectivity index (χ0n) is 11.9. The first kappa shape index (κ1) is 16.1. The van der Waals surface area contributed by atoms with E-state index in [1.165, 1.54) is 6.92 Å². The highest BCUT2D eigenvalue weighted by Gasteiger charge is 2.63. The molecule has 1 unspecified atom stereocenters. The molecule has 0 aromatic carbocycles. The zero-order valence-corrected chi connectivity index (χ0v) is 11.9. The molecule has 2 N–H and O–H groups in total. The van der Waals surface area contributed by atoms with Crippen LogP contribution in [0.3, 0.4) is 0 Å². The summed E-state index contributed by atoms with van der Waals surface area (Å²) in [6, 6.07) is -1.00. The number of hydrogen-bond donors (Lipinski definition) is 2. The number of urea groups is 1. The maximum absolute atomic E-state index is 13.3. The van der Waals surface area contributed by atoms with Crippen LogP contribution in [-0.2, 0) is 0 Å². The van der Waals surface area contributed by atoms with Gasteiger partial charge >= 0.3 is 12.2 Å². The Morgan fingerprint density at radius 2 is 2.05 bits per heavy atom. The molecule has 21 heavy (non-hydrogen) atoms. The third-order valence-electron chi connectivity index (χ3n) is 4.14. The summed E-state index contributed by atoms with van der Waals surface area (Å²) in [5, 5.41) is 16.0. The zero-order chi connectivity index (χ0) is 15.7. The van der Waals surface area contributed by atoms with Crippen LogP contribution in [0.2, 0.25) is 0 Å². The van der Waals surface area contributed by atoms with Crippen molar-refractivity contribution in [3.63, 3.8) is 0 Å². The predicted molar refractivity (Wildman–Crippen MR) is 70.8 cm³/mol. The summed E-state index contributed by atoms with van der Waals surface area (Å²) in [6.45, 7) is 0.222. The van der Waals surface area contributed by atoms with Gasteiger partial charge in [0.25, 0.3) is 0 Å². The van der Waals surface area contributed by atoms with E-state index in [9.17, 15) is 23.1 Å². The first-order chi connectivity index (χ1) is 9.80. The van der Waals surface area contributed by atoms with Crippen molar-refractivity contribution in [3.8, 4) is 0 Å². The standard InChI is InChI=1S/C13H20F3N3O2/c1-9-7-12(8-20,13(14,15)16)19(18-9)11(21)17-10-5-3-2-4-6-10/h10,20H,2-8H2,1H3,(H,17,21). The molecule has 2 rings (SSSR count). The van der Waals surface area contributed by atoms with Gasteiger partial charge in [0.05, 0.1) is 6.61 Å². The van der Waals surface area contributed by atoms with Gasteiger partial charge in [-0.15, -0.1) is 0 Å². The van der Waals surface area contributed by atoms with E-state index < -0.39 is 30.8 Å². The van der Waals surface area contributed by atoms with E-state index in [2.05, 4.69) is 10.4 Å². The SMILES string of the molecule is CC1=NN(C(=O)NC2CCCCC2)C(CO)(C(F)(F)F)C1. The minimum atomic E-state index is -4.74. The summed E-state index contributed by atoms with van der Waals surface area (Å²) in [5.74, 6) is 0. The van der Waals surface area contributed by atoms with E-state index >= 15 is 0 Å². The van der Waals surface area contributed by atoms with Gasteiger partial charge in [0.2, 0.25) is 0 Å². The summed E-state index contributed by atoms with van der Waals surface area (Å²) in [6.07, 6.45) is -0.718. The molecule has 1 aliphatic carbocycles. The topological polar surface area (TPSA) is 64.9 Å². The maximum Gasteiger partial charge on any atom is 0.416 e. The van der Waals surface area contributed by atoms with Gasteiger partial charge in [0.1, 0.15) is 0 Å². The van der Waals surface area contributed by atoms with Crippen molar-refractivity contribution in [3.05, 3.63) is 0 Å². The first-order valence-corrected chi connectivity index (χ1v) is 7.12. The molecule has 8 heteroatoms. The van der Waals surface area contributed by atoms with Crippen LogP contribution in [0.1, 0.15) is 45.4 Å². The lowest BCUT2D eigenvalue weighted by molar-refractivity contribution is -0.227. The Morgan fingerprint density at radius 1 is 1.43 bits per heavy atom. The molecule has 120 valence electrons. The number of hydrazone groups is 1. The molecule has 1 aliphatic heterocycles. The van der Waals surface area contributed by atoms with Crippen molar-refractivity contribution in [1.29, 1.82) is 0 Å². The van der Waals surface area contributed by atoms with Crippen LogP contribution in [0.15, 0.2) is 5.10 Å². The molecule has 1 fully saturated rings. The molecule has 0 bridgehead atoms. The summed E-state index contributed by atoms with van der Waals surface area (Å²) in [4.78, 5) is 12.2. The number of amides is 2. The second kappa shape index (κ2) is 5.82. The van der Waals surface area contributed by atoms with E-state index in [1.807, 2.05) is 0 Å². The van der Waals surface area contributed by atoms with Gasteiger partial charge < -0.3 is 10.4 Å². The Bertz CT molecular complexity index is 433. The molecule has 0 saturated heterocycles. The fourth-order valence-corrected chi connectivity index (χ4v) is 2.96. The fourth-order valence-electron chi connectivity index (χ4n) is 2.96. The van der Waals surface area contributed by atoms with Crippen molar-refractivity contribution < 1.29 is 23.1 Å². The van der Waals surface area contributed by atoms with Crippen LogP contribution in [0.4, 0.5) is 18.0 Å².